The molecule has 0 spiro atoms. The van der Waals surface area contributed by atoms with Crippen LogP contribution in [0.1, 0.15) is 25.0 Å². The monoisotopic (exact) mass is 303 g/mol. The fraction of sp³-hybridized carbons (Fsp3) is 0.417. The number of benzene rings is 1. The summed E-state index contributed by atoms with van der Waals surface area (Å²) in [5, 5.41) is 8.81. The maximum absolute atomic E-state index is 12.1. The molecule has 0 aliphatic carbocycles. The SMILES string of the molecule is Cc1cc(S(=O)(=O)NC(C)(C)CN)ccc1C#N.Cl. The summed E-state index contributed by atoms with van der Waals surface area (Å²) in [6.45, 7) is 5.31. The Morgan fingerprint density at radius 1 is 1.42 bits per heavy atom. The molecular weight excluding hydrogens is 286 g/mol. The highest BCUT2D eigenvalue weighted by Crippen LogP contribution is 2.16. The van der Waals surface area contributed by atoms with Crippen LogP contribution in [0, 0.1) is 18.3 Å². The first-order valence-electron chi connectivity index (χ1n) is 5.47. The average Bonchev–Trinajstić information content (AvgIpc) is 2.27. The van der Waals surface area contributed by atoms with Gasteiger partial charge in [-0.05, 0) is 44.5 Å². The molecule has 0 amide bonds. The molecule has 0 aliphatic rings. The second kappa shape index (κ2) is 6.35. The minimum atomic E-state index is -3.62. The molecule has 19 heavy (non-hydrogen) atoms. The predicted octanol–water partition coefficient (Wildman–Crippen LogP) is 1.30. The summed E-state index contributed by atoms with van der Waals surface area (Å²) in [7, 11) is -3.62. The molecule has 0 aromatic heterocycles. The van der Waals surface area contributed by atoms with Crippen LogP contribution < -0.4 is 10.5 Å². The highest BCUT2D eigenvalue weighted by atomic mass is 35.5. The molecule has 0 saturated carbocycles. The lowest BCUT2D eigenvalue weighted by Gasteiger charge is -2.24. The van der Waals surface area contributed by atoms with Crippen LogP contribution in [-0.2, 0) is 10.0 Å². The highest BCUT2D eigenvalue weighted by Gasteiger charge is 2.25. The lowest BCUT2D eigenvalue weighted by atomic mass is 10.1. The van der Waals surface area contributed by atoms with Gasteiger partial charge < -0.3 is 5.73 Å². The van der Waals surface area contributed by atoms with E-state index in [-0.39, 0.29) is 23.8 Å². The normalized spacial score (nSPS) is 11.5. The molecule has 3 N–H and O–H groups in total. The molecule has 0 unspecified atom stereocenters. The number of hydrogen-bond acceptors (Lipinski definition) is 4. The summed E-state index contributed by atoms with van der Waals surface area (Å²) in [5.41, 5.74) is 5.88. The van der Waals surface area contributed by atoms with E-state index in [2.05, 4.69) is 4.72 Å². The van der Waals surface area contributed by atoms with Gasteiger partial charge in [0.05, 0.1) is 16.5 Å². The first-order valence-corrected chi connectivity index (χ1v) is 6.95. The van der Waals surface area contributed by atoms with Crippen LogP contribution in [0.5, 0.6) is 0 Å². The van der Waals surface area contributed by atoms with Gasteiger partial charge in [-0.3, -0.25) is 0 Å². The molecule has 0 saturated heterocycles. The van der Waals surface area contributed by atoms with E-state index in [0.717, 1.165) is 0 Å². The molecule has 5 nitrogen and oxygen atoms in total. The molecule has 1 aromatic rings. The summed E-state index contributed by atoms with van der Waals surface area (Å²) in [5.74, 6) is 0. The van der Waals surface area contributed by atoms with Crippen LogP contribution in [0.15, 0.2) is 23.1 Å². The van der Waals surface area contributed by atoms with Gasteiger partial charge in [-0.2, -0.15) is 5.26 Å². The molecule has 0 atom stereocenters. The second-order valence-corrected chi connectivity index (χ2v) is 6.46. The molecule has 0 heterocycles. The smallest absolute Gasteiger partial charge is 0.241 e. The topological polar surface area (TPSA) is 96.0 Å². The zero-order chi connectivity index (χ0) is 14.0. The quantitative estimate of drug-likeness (QED) is 0.876. The maximum Gasteiger partial charge on any atom is 0.241 e. The van der Waals surface area contributed by atoms with E-state index < -0.39 is 15.6 Å². The van der Waals surface area contributed by atoms with Crippen molar-refractivity contribution in [3.63, 3.8) is 0 Å². The largest absolute Gasteiger partial charge is 0.329 e. The Morgan fingerprint density at radius 2 is 2.00 bits per heavy atom. The fourth-order valence-electron chi connectivity index (χ4n) is 1.39. The number of nitrogens with one attached hydrogen (secondary N) is 1. The number of sulfonamides is 1. The van der Waals surface area contributed by atoms with Crippen LogP contribution in [0.2, 0.25) is 0 Å². The minimum Gasteiger partial charge on any atom is -0.329 e. The van der Waals surface area contributed by atoms with Gasteiger partial charge in [0.15, 0.2) is 0 Å². The molecule has 0 aliphatic heterocycles. The maximum atomic E-state index is 12.1. The summed E-state index contributed by atoms with van der Waals surface area (Å²) >= 11 is 0. The molecule has 0 fully saturated rings. The zero-order valence-electron chi connectivity index (χ0n) is 11.1. The lowest BCUT2D eigenvalue weighted by Crippen LogP contribution is -2.48. The van der Waals surface area contributed by atoms with E-state index in [0.29, 0.717) is 11.1 Å². The summed E-state index contributed by atoms with van der Waals surface area (Å²) < 4.78 is 26.7. The lowest BCUT2D eigenvalue weighted by molar-refractivity contribution is 0.462. The first kappa shape index (κ1) is 17.9. The summed E-state index contributed by atoms with van der Waals surface area (Å²) in [6, 6.07) is 6.39. The van der Waals surface area contributed by atoms with Gasteiger partial charge in [-0.25, -0.2) is 13.1 Å². The van der Waals surface area contributed by atoms with Crippen molar-refractivity contribution in [2.24, 2.45) is 5.73 Å². The van der Waals surface area contributed by atoms with Crippen molar-refractivity contribution in [3.8, 4) is 6.07 Å². The van der Waals surface area contributed by atoms with Crippen molar-refractivity contribution in [2.45, 2.75) is 31.2 Å². The number of rotatable bonds is 4. The van der Waals surface area contributed by atoms with Crippen molar-refractivity contribution >= 4 is 22.4 Å². The van der Waals surface area contributed by atoms with E-state index >= 15 is 0 Å². The molecular formula is C12H18ClN3O2S. The number of aryl methyl sites for hydroxylation is 1. The van der Waals surface area contributed by atoms with E-state index in [1.807, 2.05) is 6.07 Å². The average molecular weight is 304 g/mol. The Kier molecular flexibility index (Phi) is 5.97. The van der Waals surface area contributed by atoms with Crippen LogP contribution in [0.25, 0.3) is 0 Å². The van der Waals surface area contributed by atoms with Crippen molar-refractivity contribution in [1.82, 2.24) is 4.72 Å². The Hall–Kier alpha value is -1.13. The number of nitrogens with zero attached hydrogens (tertiary/aromatic N) is 1. The number of nitriles is 1. The van der Waals surface area contributed by atoms with E-state index in [1.54, 1.807) is 20.8 Å². The third-order valence-electron chi connectivity index (χ3n) is 2.55. The Bertz CT molecular complexity index is 591. The Labute approximate surface area is 120 Å². The van der Waals surface area contributed by atoms with Gasteiger partial charge in [0, 0.05) is 12.1 Å². The second-order valence-electron chi connectivity index (χ2n) is 4.78. The van der Waals surface area contributed by atoms with Crippen LogP contribution in [-0.4, -0.2) is 20.5 Å². The van der Waals surface area contributed by atoms with Crippen molar-refractivity contribution in [1.29, 1.82) is 5.26 Å². The highest BCUT2D eigenvalue weighted by molar-refractivity contribution is 7.89. The van der Waals surface area contributed by atoms with E-state index in [1.165, 1.54) is 18.2 Å². The summed E-state index contributed by atoms with van der Waals surface area (Å²) in [6.07, 6.45) is 0. The van der Waals surface area contributed by atoms with Gasteiger partial charge >= 0.3 is 0 Å². The molecule has 106 valence electrons. The number of hydrogen-bond donors (Lipinski definition) is 2. The molecule has 7 heteroatoms. The molecule has 1 aromatic carbocycles. The van der Waals surface area contributed by atoms with E-state index in [9.17, 15) is 8.42 Å². The van der Waals surface area contributed by atoms with Crippen LogP contribution >= 0.6 is 12.4 Å². The van der Waals surface area contributed by atoms with E-state index in [4.69, 9.17) is 11.0 Å². The number of nitrogens with two attached hydrogens (primary N) is 1. The first-order chi connectivity index (χ1) is 8.22. The van der Waals surface area contributed by atoms with Crippen molar-refractivity contribution < 1.29 is 8.42 Å². The summed E-state index contributed by atoms with van der Waals surface area (Å²) in [4.78, 5) is 0.139. The van der Waals surface area contributed by atoms with Crippen LogP contribution in [0.3, 0.4) is 0 Å². The third kappa shape index (κ3) is 4.48. The Morgan fingerprint density at radius 3 is 2.42 bits per heavy atom. The minimum absolute atomic E-state index is 0. The van der Waals surface area contributed by atoms with Gasteiger partial charge in [0.25, 0.3) is 0 Å². The predicted molar refractivity (Wildman–Crippen MR) is 76.6 cm³/mol. The van der Waals surface area contributed by atoms with Gasteiger partial charge in [-0.15, -0.1) is 12.4 Å². The number of halogens is 1. The zero-order valence-corrected chi connectivity index (χ0v) is 12.7. The third-order valence-corrected chi connectivity index (χ3v) is 4.25. The fourth-order valence-corrected chi connectivity index (χ4v) is 2.90. The van der Waals surface area contributed by atoms with Crippen LogP contribution in [0.4, 0.5) is 0 Å². The van der Waals surface area contributed by atoms with Crippen molar-refractivity contribution in [2.75, 3.05) is 6.54 Å². The molecule has 0 radical (unpaired) electrons. The van der Waals surface area contributed by atoms with Gasteiger partial charge in [-0.1, -0.05) is 0 Å². The van der Waals surface area contributed by atoms with Crippen molar-refractivity contribution in [3.05, 3.63) is 29.3 Å². The standard InChI is InChI=1S/C12H17N3O2S.ClH/c1-9-6-11(5-4-10(9)7-13)18(16,17)15-12(2,3)8-14;/h4-6,15H,8,14H2,1-3H3;1H. The van der Waals surface area contributed by atoms with Gasteiger partial charge in [0.1, 0.15) is 0 Å². The Balaban J connectivity index is 0.00000324. The van der Waals surface area contributed by atoms with Gasteiger partial charge in [0.2, 0.25) is 10.0 Å². The molecule has 0 bridgehead atoms. The molecule has 1 rings (SSSR count).